The number of nitrogens with one attached hydrogen (secondary N) is 1. The normalized spacial score (nSPS) is 15.8. The van der Waals surface area contributed by atoms with E-state index in [9.17, 15) is 9.00 Å². The molecule has 1 fully saturated rings. The zero-order valence-corrected chi connectivity index (χ0v) is 18.3. The molecule has 2 aromatic heterocycles. The molecule has 1 atom stereocenters. The molecule has 1 amide bonds. The molecule has 1 N–H and O–H groups in total. The van der Waals surface area contributed by atoms with Crippen LogP contribution in [-0.4, -0.2) is 41.4 Å². The smallest absolute Gasteiger partial charge is 0.251 e. The molecule has 4 rings (SSSR count). The molecule has 0 spiro atoms. The summed E-state index contributed by atoms with van der Waals surface area (Å²) in [6, 6.07) is 7.64. The lowest BCUT2D eigenvalue weighted by atomic mass is 10.2. The van der Waals surface area contributed by atoms with Gasteiger partial charge in [-0.25, -0.2) is 14.2 Å². The van der Waals surface area contributed by atoms with Crippen molar-refractivity contribution >= 4 is 44.5 Å². The van der Waals surface area contributed by atoms with Crippen molar-refractivity contribution in [2.75, 3.05) is 11.5 Å². The van der Waals surface area contributed by atoms with Gasteiger partial charge in [-0.05, 0) is 43.7 Å². The predicted octanol–water partition coefficient (Wildman–Crippen LogP) is 3.96. The molecule has 0 unspecified atom stereocenters. The monoisotopic (exact) mass is 464 g/mol. The Kier molecular flexibility index (Phi) is 5.77. The van der Waals surface area contributed by atoms with Crippen LogP contribution in [0.15, 0.2) is 47.2 Å². The topological polar surface area (TPSA) is 102 Å². The summed E-state index contributed by atoms with van der Waals surface area (Å²) in [5, 5.41) is 7.82. The fourth-order valence-corrected chi connectivity index (χ4v) is 4.97. The Labute approximate surface area is 183 Å². The van der Waals surface area contributed by atoms with Crippen molar-refractivity contribution in [3.8, 4) is 5.82 Å². The van der Waals surface area contributed by atoms with E-state index in [1.807, 2.05) is 0 Å². The minimum atomic E-state index is -2.09. The summed E-state index contributed by atoms with van der Waals surface area (Å²) in [6.07, 6.45) is 3.89. The van der Waals surface area contributed by atoms with Gasteiger partial charge in [0, 0.05) is 27.1 Å². The molecule has 0 aliphatic carbocycles. The van der Waals surface area contributed by atoms with E-state index < -0.39 is 15.8 Å². The molecular weight excluding hydrogens is 447 g/mol. The predicted molar refractivity (Wildman–Crippen MR) is 116 cm³/mol. The van der Waals surface area contributed by atoms with Gasteiger partial charge in [0.05, 0.1) is 27.7 Å². The summed E-state index contributed by atoms with van der Waals surface area (Å²) >= 11 is 12.0. The summed E-state index contributed by atoms with van der Waals surface area (Å²) in [5.74, 6) is 1.94. The van der Waals surface area contributed by atoms with Gasteiger partial charge in [-0.1, -0.05) is 23.2 Å². The number of benzene rings is 1. The highest BCUT2D eigenvalue weighted by molar-refractivity contribution is 7.95. The van der Waals surface area contributed by atoms with E-state index in [4.69, 9.17) is 23.2 Å². The first-order valence-electron chi connectivity index (χ1n) is 9.19. The number of amides is 1. The van der Waals surface area contributed by atoms with Crippen molar-refractivity contribution in [2.45, 2.75) is 19.4 Å². The van der Waals surface area contributed by atoms with Gasteiger partial charge in [0.25, 0.3) is 5.91 Å². The third-order valence-corrected chi connectivity index (χ3v) is 7.41. The third-order valence-electron chi connectivity index (χ3n) is 4.58. The molecule has 0 saturated carbocycles. The van der Waals surface area contributed by atoms with E-state index in [2.05, 4.69) is 24.7 Å². The maximum atomic E-state index is 12.6. The molecule has 3 heterocycles. The maximum absolute atomic E-state index is 12.6. The van der Waals surface area contributed by atoms with E-state index >= 15 is 0 Å². The number of halogens is 2. The highest BCUT2D eigenvalue weighted by Crippen LogP contribution is 2.23. The Hall–Kier alpha value is -2.49. The van der Waals surface area contributed by atoms with Gasteiger partial charge in [-0.3, -0.25) is 4.79 Å². The van der Waals surface area contributed by atoms with Crippen LogP contribution in [-0.2, 0) is 9.73 Å². The fraction of sp³-hybridized carbons (Fsp3) is 0.263. The molecule has 1 aliphatic heterocycles. The lowest BCUT2D eigenvalue weighted by Gasteiger charge is -2.17. The van der Waals surface area contributed by atoms with Crippen LogP contribution in [0.3, 0.4) is 0 Å². The van der Waals surface area contributed by atoms with Crippen LogP contribution in [0.1, 0.15) is 35.6 Å². The van der Waals surface area contributed by atoms with E-state index in [1.165, 1.54) is 23.1 Å². The Morgan fingerprint density at radius 3 is 2.53 bits per heavy atom. The van der Waals surface area contributed by atoms with Crippen molar-refractivity contribution in [1.82, 2.24) is 25.1 Å². The summed E-state index contributed by atoms with van der Waals surface area (Å²) in [4.78, 5) is 21.2. The van der Waals surface area contributed by atoms with Crippen molar-refractivity contribution in [3.63, 3.8) is 0 Å². The highest BCUT2D eigenvalue weighted by Gasteiger charge is 2.20. The van der Waals surface area contributed by atoms with Gasteiger partial charge in [-0.15, -0.1) is 0 Å². The van der Waals surface area contributed by atoms with Gasteiger partial charge in [0.1, 0.15) is 6.33 Å². The van der Waals surface area contributed by atoms with E-state index in [-0.39, 0.29) is 5.91 Å². The largest absolute Gasteiger partial charge is 0.342 e. The highest BCUT2D eigenvalue weighted by atomic mass is 35.5. The summed E-state index contributed by atoms with van der Waals surface area (Å²) in [5.41, 5.74) is 0.920. The van der Waals surface area contributed by atoms with E-state index in [0.717, 1.165) is 6.42 Å². The van der Waals surface area contributed by atoms with Gasteiger partial charge in [0.15, 0.2) is 11.6 Å². The van der Waals surface area contributed by atoms with Gasteiger partial charge >= 0.3 is 0 Å². The second kappa shape index (κ2) is 8.33. The van der Waals surface area contributed by atoms with Crippen LogP contribution in [0.2, 0.25) is 10.0 Å². The second-order valence-corrected chi connectivity index (χ2v) is 10.3. The Morgan fingerprint density at radius 2 is 1.93 bits per heavy atom. The van der Waals surface area contributed by atoms with Crippen molar-refractivity contribution < 1.29 is 9.00 Å². The first kappa shape index (κ1) is 20.8. The first-order chi connectivity index (χ1) is 14.3. The number of aromatic nitrogens is 4. The van der Waals surface area contributed by atoms with Crippen molar-refractivity contribution in [1.29, 1.82) is 0 Å². The Balaban J connectivity index is 1.53. The average molecular weight is 465 g/mol. The number of hydrogen-bond acceptors (Lipinski definition) is 6. The SMILES string of the molecule is C[C@H](NC(=O)c1cc(Cl)cc(Cl)c1)c1ncnn1-c1ccc(N=S2(=O)CCC2)cn1. The fourth-order valence-electron chi connectivity index (χ4n) is 2.98. The van der Waals surface area contributed by atoms with Gasteiger partial charge in [0.2, 0.25) is 0 Å². The molecule has 11 heteroatoms. The van der Waals surface area contributed by atoms with Crippen LogP contribution in [0.25, 0.3) is 5.82 Å². The van der Waals surface area contributed by atoms with Crippen molar-refractivity contribution in [3.05, 3.63) is 64.3 Å². The molecule has 3 aromatic rings. The van der Waals surface area contributed by atoms with E-state index in [0.29, 0.717) is 44.4 Å². The minimum Gasteiger partial charge on any atom is -0.342 e. The Morgan fingerprint density at radius 1 is 1.20 bits per heavy atom. The molecule has 0 radical (unpaired) electrons. The van der Waals surface area contributed by atoms with Crippen LogP contribution in [0, 0.1) is 0 Å². The molecule has 8 nitrogen and oxygen atoms in total. The summed E-state index contributed by atoms with van der Waals surface area (Å²) in [7, 11) is -2.09. The molecule has 0 bridgehead atoms. The number of hydrogen-bond donors (Lipinski definition) is 1. The van der Waals surface area contributed by atoms with Crippen LogP contribution in [0.4, 0.5) is 5.69 Å². The average Bonchev–Trinajstić information content (AvgIpc) is 3.16. The molecule has 156 valence electrons. The Bertz CT molecular complexity index is 1190. The first-order valence-corrected chi connectivity index (χ1v) is 11.8. The molecule has 1 saturated heterocycles. The molecule has 1 aromatic carbocycles. The second-order valence-electron chi connectivity index (χ2n) is 6.88. The van der Waals surface area contributed by atoms with Crippen LogP contribution >= 0.6 is 23.2 Å². The zero-order valence-electron chi connectivity index (χ0n) is 16.0. The number of rotatable bonds is 5. The number of carbonyl (C=O) groups is 1. The lowest BCUT2D eigenvalue weighted by Crippen LogP contribution is -2.28. The van der Waals surface area contributed by atoms with Crippen LogP contribution < -0.4 is 5.32 Å². The maximum Gasteiger partial charge on any atom is 0.251 e. The third kappa shape index (κ3) is 4.48. The minimum absolute atomic E-state index is 0.340. The zero-order chi connectivity index (χ0) is 21.3. The lowest BCUT2D eigenvalue weighted by molar-refractivity contribution is 0.0938. The number of pyridine rings is 1. The standard InChI is InChI=1S/C19H18Cl2N6O2S/c1-12(25-19(28)13-7-14(20)9-15(21)8-13)18-23-11-24-27(18)17-4-3-16(10-22-17)26-30(29)5-2-6-30/h3-4,7-12H,2,5-6H2,1H3,(H,25,28)/t12-/m0/s1. The van der Waals surface area contributed by atoms with Gasteiger partial charge < -0.3 is 5.32 Å². The summed E-state index contributed by atoms with van der Waals surface area (Å²) in [6.45, 7) is 1.79. The van der Waals surface area contributed by atoms with Crippen LogP contribution in [0.5, 0.6) is 0 Å². The molecule has 1 aliphatic rings. The number of nitrogens with zero attached hydrogens (tertiary/aromatic N) is 5. The summed E-state index contributed by atoms with van der Waals surface area (Å²) < 4.78 is 18.1. The number of carbonyl (C=O) groups excluding carboxylic acids is 1. The molecule has 30 heavy (non-hydrogen) atoms. The quantitative estimate of drug-likeness (QED) is 0.615. The molecular formula is C19H18Cl2N6O2S. The van der Waals surface area contributed by atoms with Crippen molar-refractivity contribution in [2.24, 2.45) is 4.36 Å². The van der Waals surface area contributed by atoms with Gasteiger partial charge in [-0.2, -0.15) is 14.1 Å². The van der Waals surface area contributed by atoms with E-state index in [1.54, 1.807) is 31.3 Å².